The van der Waals surface area contributed by atoms with Gasteiger partial charge in [0.1, 0.15) is 0 Å². The van der Waals surface area contributed by atoms with Crippen molar-refractivity contribution in [3.63, 3.8) is 0 Å². The van der Waals surface area contributed by atoms with Gasteiger partial charge in [-0.05, 0) is 38.8 Å². The molecule has 3 heterocycles. The topological polar surface area (TPSA) is 31.8 Å². The molecule has 0 N–H and O–H groups in total. The van der Waals surface area contributed by atoms with Crippen molar-refractivity contribution in [1.82, 2.24) is 14.8 Å². The van der Waals surface area contributed by atoms with E-state index in [1.807, 2.05) is 17.5 Å². The zero-order valence-corrected chi connectivity index (χ0v) is 15.5. The third kappa shape index (κ3) is 4.44. The minimum atomic E-state index is 0.699. The quantitative estimate of drug-likeness (QED) is 0.821. The molecule has 1 atom stereocenters. The minimum absolute atomic E-state index is 0.699. The second-order valence-electron chi connectivity index (χ2n) is 7.01. The second kappa shape index (κ2) is 7.92. The van der Waals surface area contributed by atoms with Gasteiger partial charge in [0.05, 0.1) is 13.2 Å². The first-order valence-electron chi connectivity index (χ1n) is 8.79. The van der Waals surface area contributed by atoms with Crippen LogP contribution in [0.5, 0.6) is 0 Å². The fourth-order valence-corrected chi connectivity index (χ4v) is 4.55. The summed E-state index contributed by atoms with van der Waals surface area (Å²) in [4.78, 5) is 13.2. The molecule has 2 aliphatic heterocycles. The first-order chi connectivity index (χ1) is 11.1. The number of thiazole rings is 1. The maximum atomic E-state index is 5.48. The van der Waals surface area contributed by atoms with Crippen LogP contribution >= 0.6 is 11.3 Å². The van der Waals surface area contributed by atoms with Crippen LogP contribution < -0.4 is 4.90 Å². The van der Waals surface area contributed by atoms with Crippen molar-refractivity contribution in [2.24, 2.45) is 5.92 Å². The molecular formula is C17H30N4OS. The Balaban J connectivity index is 1.46. The van der Waals surface area contributed by atoms with Gasteiger partial charge in [0.25, 0.3) is 0 Å². The zero-order chi connectivity index (χ0) is 16.2. The lowest BCUT2D eigenvalue weighted by atomic mass is 9.89. The highest BCUT2D eigenvalue weighted by Gasteiger charge is 2.28. The number of likely N-dealkylation sites (tertiary alicyclic amines) is 1. The van der Waals surface area contributed by atoms with E-state index in [2.05, 4.69) is 40.7 Å². The van der Waals surface area contributed by atoms with Gasteiger partial charge >= 0.3 is 0 Å². The molecule has 3 rings (SSSR count). The number of ether oxygens (including phenoxy) is 1. The highest BCUT2D eigenvalue weighted by atomic mass is 32.1. The summed E-state index contributed by atoms with van der Waals surface area (Å²) in [6.07, 6.45) is 4.68. The lowest BCUT2D eigenvalue weighted by molar-refractivity contribution is -0.00187. The molecule has 0 radical (unpaired) electrons. The summed E-state index contributed by atoms with van der Waals surface area (Å²) in [5.74, 6) is 0.836. The maximum Gasteiger partial charge on any atom is 0.185 e. The summed E-state index contributed by atoms with van der Waals surface area (Å²) in [7, 11) is 4.11. The van der Waals surface area contributed by atoms with Crippen molar-refractivity contribution in [3.05, 3.63) is 11.1 Å². The summed E-state index contributed by atoms with van der Waals surface area (Å²) in [6.45, 7) is 9.93. The van der Waals surface area contributed by atoms with Crippen LogP contribution in [0.3, 0.4) is 0 Å². The number of rotatable bonds is 5. The lowest BCUT2D eigenvalue weighted by Gasteiger charge is -2.40. The summed E-state index contributed by atoms with van der Waals surface area (Å²) in [6, 6.07) is 0.699. The molecule has 6 heteroatoms. The van der Waals surface area contributed by atoms with E-state index in [0.29, 0.717) is 6.04 Å². The van der Waals surface area contributed by atoms with Gasteiger partial charge in [-0.25, -0.2) is 4.98 Å². The molecule has 2 fully saturated rings. The van der Waals surface area contributed by atoms with Gasteiger partial charge in [-0.1, -0.05) is 0 Å². The van der Waals surface area contributed by atoms with Gasteiger partial charge in [0.2, 0.25) is 0 Å². The van der Waals surface area contributed by atoms with Crippen molar-refractivity contribution in [2.45, 2.75) is 32.4 Å². The molecule has 130 valence electrons. The Morgan fingerprint density at radius 3 is 2.57 bits per heavy atom. The van der Waals surface area contributed by atoms with Crippen molar-refractivity contribution in [3.8, 4) is 0 Å². The molecule has 0 saturated carbocycles. The number of aromatic nitrogens is 1. The highest BCUT2D eigenvalue weighted by Crippen LogP contribution is 2.27. The lowest BCUT2D eigenvalue weighted by Crippen LogP contribution is -2.48. The van der Waals surface area contributed by atoms with Crippen LogP contribution in [0.25, 0.3) is 0 Å². The van der Waals surface area contributed by atoms with Crippen molar-refractivity contribution in [2.75, 3.05) is 58.4 Å². The Morgan fingerprint density at radius 1 is 1.26 bits per heavy atom. The summed E-state index contributed by atoms with van der Waals surface area (Å²) >= 11 is 1.82. The molecule has 2 saturated heterocycles. The molecule has 0 bridgehead atoms. The van der Waals surface area contributed by atoms with E-state index in [4.69, 9.17) is 4.74 Å². The van der Waals surface area contributed by atoms with Crippen molar-refractivity contribution >= 4 is 16.5 Å². The molecule has 1 aromatic heterocycles. The Bertz CT molecular complexity index is 479. The van der Waals surface area contributed by atoms with E-state index in [9.17, 15) is 0 Å². The molecule has 2 aliphatic rings. The first-order valence-corrected chi connectivity index (χ1v) is 9.61. The Hall–Kier alpha value is -0.690. The van der Waals surface area contributed by atoms with Crippen LogP contribution in [-0.4, -0.2) is 74.3 Å². The average Bonchev–Trinajstić information content (AvgIpc) is 3.04. The highest BCUT2D eigenvalue weighted by molar-refractivity contribution is 7.15. The van der Waals surface area contributed by atoms with Crippen LogP contribution in [0.1, 0.15) is 24.6 Å². The fraction of sp³-hybridized carbons (Fsp3) is 0.824. The van der Waals surface area contributed by atoms with Gasteiger partial charge in [0.15, 0.2) is 5.13 Å². The fourth-order valence-electron chi connectivity index (χ4n) is 3.67. The van der Waals surface area contributed by atoms with E-state index in [1.165, 1.54) is 30.8 Å². The molecule has 0 unspecified atom stereocenters. The van der Waals surface area contributed by atoms with Crippen LogP contribution in [0.2, 0.25) is 0 Å². The molecule has 0 aliphatic carbocycles. The second-order valence-corrected chi connectivity index (χ2v) is 8.10. The standard InChI is InChI=1S/C17H30N4OS/c1-14(21-8-10-22-11-9-21)15-4-6-20(7-5-15)13-16-12-18-17(23-16)19(2)3/h12,14-15H,4-11,13H2,1-3H3/t14-/m0/s1. The van der Waals surface area contributed by atoms with Gasteiger partial charge in [-0.3, -0.25) is 9.80 Å². The molecular weight excluding hydrogens is 308 g/mol. The Kier molecular flexibility index (Phi) is 5.91. The van der Waals surface area contributed by atoms with Crippen molar-refractivity contribution < 1.29 is 4.74 Å². The van der Waals surface area contributed by atoms with E-state index in [0.717, 1.165) is 43.9 Å². The number of anilines is 1. The summed E-state index contributed by atoms with van der Waals surface area (Å²) in [5.41, 5.74) is 0. The summed E-state index contributed by atoms with van der Waals surface area (Å²) < 4.78 is 5.48. The first kappa shape index (κ1) is 17.1. The smallest absolute Gasteiger partial charge is 0.185 e. The maximum absolute atomic E-state index is 5.48. The number of hydrogen-bond acceptors (Lipinski definition) is 6. The SMILES string of the molecule is C[C@@H](C1CCN(Cc2cnc(N(C)C)s2)CC1)N1CCOCC1. The third-order valence-corrected chi connectivity index (χ3v) is 6.39. The van der Waals surface area contributed by atoms with Crippen LogP contribution in [0.4, 0.5) is 5.13 Å². The number of morpholine rings is 1. The van der Waals surface area contributed by atoms with Crippen LogP contribution in [-0.2, 0) is 11.3 Å². The molecule has 1 aromatic rings. The Labute approximate surface area is 144 Å². The summed E-state index contributed by atoms with van der Waals surface area (Å²) in [5, 5.41) is 1.11. The third-order valence-electron chi connectivity index (χ3n) is 5.24. The van der Waals surface area contributed by atoms with Crippen LogP contribution in [0.15, 0.2) is 6.20 Å². The molecule has 0 spiro atoms. The number of hydrogen-bond donors (Lipinski definition) is 0. The molecule has 0 aromatic carbocycles. The monoisotopic (exact) mass is 338 g/mol. The largest absolute Gasteiger partial charge is 0.379 e. The molecule has 0 amide bonds. The van der Waals surface area contributed by atoms with Gasteiger partial charge in [-0.15, -0.1) is 11.3 Å². The number of piperidine rings is 1. The average molecular weight is 339 g/mol. The van der Waals surface area contributed by atoms with Gasteiger partial charge in [0, 0.05) is 50.8 Å². The van der Waals surface area contributed by atoms with E-state index >= 15 is 0 Å². The minimum Gasteiger partial charge on any atom is -0.379 e. The van der Waals surface area contributed by atoms with E-state index in [1.54, 1.807) is 0 Å². The van der Waals surface area contributed by atoms with Crippen molar-refractivity contribution in [1.29, 1.82) is 0 Å². The molecule has 5 nitrogen and oxygen atoms in total. The molecule has 23 heavy (non-hydrogen) atoms. The van der Waals surface area contributed by atoms with Gasteiger partial charge in [-0.2, -0.15) is 0 Å². The van der Waals surface area contributed by atoms with E-state index < -0.39 is 0 Å². The Morgan fingerprint density at radius 2 is 1.96 bits per heavy atom. The zero-order valence-electron chi connectivity index (χ0n) is 14.7. The van der Waals surface area contributed by atoms with Gasteiger partial charge < -0.3 is 9.64 Å². The number of nitrogens with zero attached hydrogens (tertiary/aromatic N) is 4. The van der Waals surface area contributed by atoms with E-state index in [-0.39, 0.29) is 0 Å². The predicted octanol–water partition coefficient (Wildman–Crippen LogP) is 2.14. The van der Waals surface area contributed by atoms with Crippen LogP contribution in [0, 0.1) is 5.92 Å². The normalized spacial score (nSPS) is 23.1. The predicted molar refractivity (Wildman–Crippen MR) is 96.3 cm³/mol.